The predicted octanol–water partition coefficient (Wildman–Crippen LogP) is 4.94. The summed E-state index contributed by atoms with van der Waals surface area (Å²) in [5.74, 6) is 0. The fraction of sp³-hybridized carbons (Fsp3) is 0.471. The Morgan fingerprint density at radius 3 is 2.78 bits per heavy atom. The van der Waals surface area contributed by atoms with Crippen molar-refractivity contribution in [2.75, 3.05) is 0 Å². The van der Waals surface area contributed by atoms with Gasteiger partial charge in [-0.05, 0) is 42.7 Å². The number of fused-ring (bicyclic) bond motifs is 1. The maximum atomic E-state index is 4.32. The van der Waals surface area contributed by atoms with Crippen LogP contribution in [0.1, 0.15) is 51.0 Å². The van der Waals surface area contributed by atoms with Gasteiger partial charge in [-0.15, -0.1) is 0 Å². The number of hydrogen-bond acceptors (Lipinski definition) is 1. The Kier molecular flexibility index (Phi) is 5.19. The first kappa shape index (κ1) is 13.1. The number of pyridine rings is 1. The summed E-state index contributed by atoms with van der Waals surface area (Å²) in [6.07, 6.45) is 11.1. The van der Waals surface area contributed by atoms with Crippen LogP contribution in [-0.2, 0) is 6.42 Å². The number of rotatable bonds is 7. The molecule has 1 nitrogen and oxygen atoms in total. The third kappa shape index (κ3) is 3.83. The van der Waals surface area contributed by atoms with Crippen molar-refractivity contribution in [3.63, 3.8) is 0 Å². The van der Waals surface area contributed by atoms with Crippen LogP contribution in [0, 0.1) is 6.07 Å². The van der Waals surface area contributed by atoms with Crippen molar-refractivity contribution in [1.82, 2.24) is 4.98 Å². The minimum Gasteiger partial charge on any atom is -0.256 e. The third-order valence-corrected chi connectivity index (χ3v) is 3.41. The summed E-state index contributed by atoms with van der Waals surface area (Å²) >= 11 is 0. The summed E-state index contributed by atoms with van der Waals surface area (Å²) in [4.78, 5) is 4.32. The molecule has 1 aromatic heterocycles. The second-order valence-corrected chi connectivity index (χ2v) is 4.96. The molecular weight excluding hydrogens is 218 g/mol. The van der Waals surface area contributed by atoms with Gasteiger partial charge in [0.2, 0.25) is 0 Å². The van der Waals surface area contributed by atoms with E-state index in [0.29, 0.717) is 0 Å². The highest BCUT2D eigenvalue weighted by molar-refractivity contribution is 5.78. The first-order valence-electron chi connectivity index (χ1n) is 7.15. The molecule has 0 aliphatic rings. The molecule has 1 radical (unpaired) electrons. The molecule has 0 saturated heterocycles. The Bertz CT molecular complexity index is 476. The molecule has 1 heteroatoms. The molecule has 0 bridgehead atoms. The lowest BCUT2D eigenvalue weighted by molar-refractivity contribution is 0.607. The molecule has 18 heavy (non-hydrogen) atoms. The van der Waals surface area contributed by atoms with Crippen LogP contribution in [-0.4, -0.2) is 4.98 Å². The van der Waals surface area contributed by atoms with Gasteiger partial charge in [0.05, 0.1) is 5.52 Å². The Morgan fingerprint density at radius 1 is 1.06 bits per heavy atom. The summed E-state index contributed by atoms with van der Waals surface area (Å²) in [7, 11) is 0. The minimum atomic E-state index is 1.05. The average Bonchev–Trinajstić information content (AvgIpc) is 2.42. The van der Waals surface area contributed by atoms with Crippen LogP contribution in [0.25, 0.3) is 10.9 Å². The predicted molar refractivity (Wildman–Crippen MR) is 77.7 cm³/mol. The van der Waals surface area contributed by atoms with Gasteiger partial charge < -0.3 is 0 Å². The molecule has 0 aliphatic carbocycles. The highest BCUT2D eigenvalue weighted by Crippen LogP contribution is 2.15. The van der Waals surface area contributed by atoms with Crippen molar-refractivity contribution in [3.8, 4) is 0 Å². The van der Waals surface area contributed by atoms with Crippen molar-refractivity contribution in [3.05, 3.63) is 42.1 Å². The second kappa shape index (κ2) is 7.15. The zero-order chi connectivity index (χ0) is 12.6. The van der Waals surface area contributed by atoms with E-state index in [1.54, 1.807) is 6.20 Å². The minimum absolute atomic E-state index is 1.05. The van der Waals surface area contributed by atoms with Gasteiger partial charge in [0.1, 0.15) is 0 Å². The standard InChI is InChI=1S/C17H22N/c1-2-3-4-5-6-7-9-15-11-12-17-16(14-15)10-8-13-18-17/h8,11-14H,2-7,9H2,1H3. The number of hydrogen-bond donors (Lipinski definition) is 0. The Balaban J connectivity index is 1.81. The Morgan fingerprint density at radius 2 is 1.89 bits per heavy atom. The van der Waals surface area contributed by atoms with Crippen molar-refractivity contribution in [1.29, 1.82) is 0 Å². The largest absolute Gasteiger partial charge is 0.256 e. The summed E-state index contributed by atoms with van der Waals surface area (Å²) in [5.41, 5.74) is 2.46. The van der Waals surface area contributed by atoms with E-state index in [1.807, 2.05) is 6.07 Å². The molecule has 0 spiro atoms. The SMILES string of the molecule is CCCCCCCCc1ccc2ncc[c]c2c1. The average molecular weight is 240 g/mol. The van der Waals surface area contributed by atoms with Gasteiger partial charge in [-0.25, -0.2) is 0 Å². The Hall–Kier alpha value is -1.37. The van der Waals surface area contributed by atoms with Crippen molar-refractivity contribution in [2.24, 2.45) is 0 Å². The summed E-state index contributed by atoms with van der Waals surface area (Å²) in [6.45, 7) is 2.26. The lowest BCUT2D eigenvalue weighted by atomic mass is 10.0. The van der Waals surface area contributed by atoms with Crippen molar-refractivity contribution in [2.45, 2.75) is 51.9 Å². The molecule has 0 amide bonds. The fourth-order valence-corrected chi connectivity index (χ4v) is 2.32. The number of nitrogens with zero attached hydrogens (tertiary/aromatic N) is 1. The summed E-state index contributed by atoms with van der Waals surface area (Å²) in [6, 6.07) is 11.7. The van der Waals surface area contributed by atoms with Crippen LogP contribution in [0.3, 0.4) is 0 Å². The van der Waals surface area contributed by atoms with Gasteiger partial charge in [-0.2, -0.15) is 0 Å². The van der Waals surface area contributed by atoms with E-state index in [0.717, 1.165) is 10.9 Å². The molecule has 0 aliphatic heterocycles. The van der Waals surface area contributed by atoms with Gasteiger partial charge >= 0.3 is 0 Å². The highest BCUT2D eigenvalue weighted by Gasteiger charge is 1.97. The molecule has 0 saturated carbocycles. The molecule has 0 N–H and O–H groups in total. The highest BCUT2D eigenvalue weighted by atomic mass is 14.6. The van der Waals surface area contributed by atoms with Gasteiger partial charge in [0, 0.05) is 11.6 Å². The van der Waals surface area contributed by atoms with Crippen LogP contribution in [0.5, 0.6) is 0 Å². The van der Waals surface area contributed by atoms with Gasteiger partial charge in [0.25, 0.3) is 0 Å². The third-order valence-electron chi connectivity index (χ3n) is 3.41. The maximum absolute atomic E-state index is 4.32. The number of aromatic nitrogens is 1. The van der Waals surface area contributed by atoms with E-state index in [-0.39, 0.29) is 0 Å². The van der Waals surface area contributed by atoms with Gasteiger partial charge in [-0.3, -0.25) is 4.98 Å². The molecule has 95 valence electrons. The van der Waals surface area contributed by atoms with E-state index in [4.69, 9.17) is 0 Å². The van der Waals surface area contributed by atoms with Gasteiger partial charge in [-0.1, -0.05) is 45.1 Å². The quantitative estimate of drug-likeness (QED) is 0.625. The van der Waals surface area contributed by atoms with E-state index in [1.165, 1.54) is 50.5 Å². The zero-order valence-electron chi connectivity index (χ0n) is 11.3. The van der Waals surface area contributed by atoms with Crippen LogP contribution in [0.15, 0.2) is 30.5 Å². The van der Waals surface area contributed by atoms with Crippen molar-refractivity contribution >= 4 is 10.9 Å². The number of benzene rings is 1. The second-order valence-electron chi connectivity index (χ2n) is 4.96. The van der Waals surface area contributed by atoms with E-state index < -0.39 is 0 Å². The maximum Gasteiger partial charge on any atom is 0.0708 e. The van der Waals surface area contributed by atoms with Gasteiger partial charge in [0.15, 0.2) is 0 Å². The summed E-state index contributed by atoms with van der Waals surface area (Å²) < 4.78 is 0. The Labute approximate surface area is 110 Å². The normalized spacial score (nSPS) is 10.9. The molecule has 1 heterocycles. The fourth-order valence-electron chi connectivity index (χ4n) is 2.32. The molecule has 2 rings (SSSR count). The zero-order valence-corrected chi connectivity index (χ0v) is 11.3. The lowest BCUT2D eigenvalue weighted by Gasteiger charge is -2.03. The van der Waals surface area contributed by atoms with Crippen LogP contribution >= 0.6 is 0 Å². The first-order valence-corrected chi connectivity index (χ1v) is 7.15. The van der Waals surface area contributed by atoms with E-state index in [9.17, 15) is 0 Å². The van der Waals surface area contributed by atoms with Crippen LogP contribution in [0.4, 0.5) is 0 Å². The molecule has 2 aromatic rings. The topological polar surface area (TPSA) is 12.9 Å². The molecular formula is C17H22N. The monoisotopic (exact) mass is 240 g/mol. The number of unbranched alkanes of at least 4 members (excludes halogenated alkanes) is 5. The molecule has 0 unspecified atom stereocenters. The molecule has 1 aromatic carbocycles. The molecule has 0 fully saturated rings. The van der Waals surface area contributed by atoms with E-state index >= 15 is 0 Å². The van der Waals surface area contributed by atoms with Crippen LogP contribution in [0.2, 0.25) is 0 Å². The van der Waals surface area contributed by atoms with Crippen LogP contribution < -0.4 is 0 Å². The number of aryl methyl sites for hydroxylation is 1. The van der Waals surface area contributed by atoms with E-state index in [2.05, 4.69) is 36.2 Å². The summed E-state index contributed by atoms with van der Waals surface area (Å²) in [5, 5.41) is 1.14. The molecule has 0 atom stereocenters. The lowest BCUT2D eigenvalue weighted by Crippen LogP contribution is -1.87. The van der Waals surface area contributed by atoms with Crippen molar-refractivity contribution < 1.29 is 0 Å². The first-order chi connectivity index (χ1) is 8.90. The smallest absolute Gasteiger partial charge is 0.0708 e.